The Morgan fingerprint density at radius 3 is 2.30 bits per heavy atom. The summed E-state index contributed by atoms with van der Waals surface area (Å²) in [5.41, 5.74) is 2.29. The van der Waals surface area contributed by atoms with Gasteiger partial charge >= 0.3 is 0 Å². The van der Waals surface area contributed by atoms with Crippen LogP contribution in [-0.2, 0) is 12.5 Å². The van der Waals surface area contributed by atoms with Gasteiger partial charge in [0.1, 0.15) is 0 Å². The van der Waals surface area contributed by atoms with Gasteiger partial charge < -0.3 is 4.57 Å². The van der Waals surface area contributed by atoms with Gasteiger partial charge in [-0.2, -0.15) is 0 Å². The third-order valence-electron chi connectivity index (χ3n) is 3.98. The predicted molar refractivity (Wildman–Crippen MR) is 85.4 cm³/mol. The Hall–Kier alpha value is -2.09. The fourth-order valence-electron chi connectivity index (χ4n) is 2.71. The number of pyridine rings is 1. The number of aromatic nitrogens is 1. The molecule has 20 heavy (non-hydrogen) atoms. The molecule has 3 rings (SSSR count). The first-order chi connectivity index (χ1) is 9.39. The molecule has 3 aromatic rings. The van der Waals surface area contributed by atoms with Crippen molar-refractivity contribution in [2.75, 3.05) is 0 Å². The minimum atomic E-state index is 0.0465. The lowest BCUT2D eigenvalue weighted by Crippen LogP contribution is -2.18. The molecule has 0 aliphatic carbocycles. The molecular formula is C18H19NO. The van der Waals surface area contributed by atoms with Gasteiger partial charge in [-0.05, 0) is 28.5 Å². The van der Waals surface area contributed by atoms with E-state index in [2.05, 4.69) is 39.0 Å². The summed E-state index contributed by atoms with van der Waals surface area (Å²) in [6.07, 6.45) is 0. The van der Waals surface area contributed by atoms with E-state index in [1.807, 2.05) is 31.3 Å². The van der Waals surface area contributed by atoms with Crippen molar-refractivity contribution in [2.45, 2.75) is 26.2 Å². The molecule has 0 saturated heterocycles. The quantitative estimate of drug-likeness (QED) is 0.563. The Kier molecular flexibility index (Phi) is 2.72. The normalized spacial score (nSPS) is 12.2. The maximum absolute atomic E-state index is 12.6. The van der Waals surface area contributed by atoms with E-state index in [1.165, 1.54) is 5.56 Å². The molecule has 0 bridgehead atoms. The molecule has 0 saturated carbocycles. The molecule has 1 heterocycles. The van der Waals surface area contributed by atoms with Crippen LogP contribution in [0.15, 0.2) is 47.3 Å². The molecule has 2 nitrogen and oxygen atoms in total. The number of aryl methyl sites for hydroxylation is 1. The third kappa shape index (κ3) is 1.83. The Balaban J connectivity index is 2.52. The van der Waals surface area contributed by atoms with E-state index in [9.17, 15) is 4.79 Å². The zero-order valence-electron chi connectivity index (χ0n) is 12.4. The van der Waals surface area contributed by atoms with E-state index in [0.29, 0.717) is 0 Å². The van der Waals surface area contributed by atoms with Crippen molar-refractivity contribution < 1.29 is 0 Å². The molecular weight excluding hydrogens is 246 g/mol. The van der Waals surface area contributed by atoms with Gasteiger partial charge in [0.25, 0.3) is 5.56 Å². The molecule has 2 heteroatoms. The molecule has 0 aliphatic rings. The average Bonchev–Trinajstić information content (AvgIpc) is 2.43. The second kappa shape index (κ2) is 4.20. The second-order valence-electron chi connectivity index (χ2n) is 6.39. The van der Waals surface area contributed by atoms with Crippen molar-refractivity contribution in [1.82, 2.24) is 4.57 Å². The van der Waals surface area contributed by atoms with Crippen LogP contribution in [0.1, 0.15) is 26.3 Å². The summed E-state index contributed by atoms with van der Waals surface area (Å²) in [6.45, 7) is 6.50. The highest BCUT2D eigenvalue weighted by molar-refractivity contribution is 6.05. The summed E-state index contributed by atoms with van der Waals surface area (Å²) in [7, 11) is 1.84. The van der Waals surface area contributed by atoms with Crippen LogP contribution < -0.4 is 5.56 Å². The number of fused-ring (bicyclic) bond motifs is 3. The first-order valence-corrected chi connectivity index (χ1v) is 6.91. The van der Waals surface area contributed by atoms with Crippen LogP contribution in [0.3, 0.4) is 0 Å². The molecule has 0 aliphatic heterocycles. The van der Waals surface area contributed by atoms with E-state index in [-0.39, 0.29) is 11.0 Å². The molecule has 0 unspecified atom stereocenters. The van der Waals surface area contributed by atoms with E-state index >= 15 is 0 Å². The van der Waals surface area contributed by atoms with E-state index in [0.717, 1.165) is 21.7 Å². The second-order valence-corrected chi connectivity index (χ2v) is 6.39. The first-order valence-electron chi connectivity index (χ1n) is 6.91. The number of para-hydroxylation sites is 1. The highest BCUT2D eigenvalue weighted by Crippen LogP contribution is 2.28. The lowest BCUT2D eigenvalue weighted by molar-refractivity contribution is 0.591. The third-order valence-corrected chi connectivity index (χ3v) is 3.98. The fraction of sp³-hybridized carbons (Fsp3) is 0.278. The van der Waals surface area contributed by atoms with Gasteiger partial charge in [-0.25, -0.2) is 0 Å². The van der Waals surface area contributed by atoms with Gasteiger partial charge in [-0.3, -0.25) is 4.79 Å². The largest absolute Gasteiger partial charge is 0.311 e. The number of benzene rings is 2. The summed E-state index contributed by atoms with van der Waals surface area (Å²) in [4.78, 5) is 12.6. The lowest BCUT2D eigenvalue weighted by Gasteiger charge is -2.20. The van der Waals surface area contributed by atoms with E-state index in [1.54, 1.807) is 4.57 Å². The van der Waals surface area contributed by atoms with Crippen molar-refractivity contribution in [2.24, 2.45) is 7.05 Å². The monoisotopic (exact) mass is 265 g/mol. The standard InChI is InChI=1S/C18H19NO/c1-18(2,3)12-9-10-13-14-7-5-6-8-16(14)19(4)17(20)15(13)11-12/h5-11H,1-4H3. The molecule has 0 atom stereocenters. The van der Waals surface area contributed by atoms with Gasteiger partial charge in [-0.15, -0.1) is 0 Å². The van der Waals surface area contributed by atoms with Crippen molar-refractivity contribution in [1.29, 1.82) is 0 Å². The maximum Gasteiger partial charge on any atom is 0.258 e. The topological polar surface area (TPSA) is 22.0 Å². The van der Waals surface area contributed by atoms with Gasteiger partial charge in [0.2, 0.25) is 0 Å². The van der Waals surface area contributed by atoms with Gasteiger partial charge in [0.15, 0.2) is 0 Å². The van der Waals surface area contributed by atoms with Crippen molar-refractivity contribution in [3.63, 3.8) is 0 Å². The van der Waals surface area contributed by atoms with Crippen LogP contribution in [0, 0.1) is 0 Å². The highest BCUT2D eigenvalue weighted by atomic mass is 16.1. The summed E-state index contributed by atoms with van der Waals surface area (Å²) in [5.74, 6) is 0. The number of hydrogen-bond donors (Lipinski definition) is 0. The molecule has 0 spiro atoms. The zero-order chi connectivity index (χ0) is 14.5. The molecule has 2 aromatic carbocycles. The summed E-state index contributed by atoms with van der Waals surface area (Å²) in [6, 6.07) is 14.3. The minimum Gasteiger partial charge on any atom is -0.311 e. The smallest absolute Gasteiger partial charge is 0.258 e. The minimum absolute atomic E-state index is 0.0465. The SMILES string of the molecule is Cn1c(=O)c2cc(C(C)(C)C)ccc2c2ccccc21. The number of rotatable bonds is 0. The van der Waals surface area contributed by atoms with Crippen LogP contribution in [-0.4, -0.2) is 4.57 Å². The fourth-order valence-corrected chi connectivity index (χ4v) is 2.71. The van der Waals surface area contributed by atoms with Crippen LogP contribution in [0.5, 0.6) is 0 Å². The number of nitrogens with zero attached hydrogens (tertiary/aromatic N) is 1. The van der Waals surface area contributed by atoms with Crippen molar-refractivity contribution >= 4 is 21.7 Å². The average molecular weight is 265 g/mol. The Morgan fingerprint density at radius 2 is 1.60 bits per heavy atom. The van der Waals surface area contributed by atoms with Crippen LogP contribution >= 0.6 is 0 Å². The zero-order valence-corrected chi connectivity index (χ0v) is 12.4. The lowest BCUT2D eigenvalue weighted by atomic mass is 9.86. The molecule has 102 valence electrons. The van der Waals surface area contributed by atoms with Crippen LogP contribution in [0.25, 0.3) is 21.7 Å². The molecule has 0 fully saturated rings. The summed E-state index contributed by atoms with van der Waals surface area (Å²) in [5, 5.41) is 2.97. The predicted octanol–water partition coefficient (Wildman–Crippen LogP) is 3.99. The van der Waals surface area contributed by atoms with Crippen molar-refractivity contribution in [3.05, 3.63) is 58.4 Å². The Bertz CT molecular complexity index is 866. The van der Waals surface area contributed by atoms with Gasteiger partial charge in [0.05, 0.1) is 5.52 Å². The van der Waals surface area contributed by atoms with Gasteiger partial charge in [0, 0.05) is 17.8 Å². The van der Waals surface area contributed by atoms with E-state index < -0.39 is 0 Å². The van der Waals surface area contributed by atoms with Crippen LogP contribution in [0.2, 0.25) is 0 Å². The summed E-state index contributed by atoms with van der Waals surface area (Å²) < 4.78 is 1.74. The maximum atomic E-state index is 12.6. The van der Waals surface area contributed by atoms with Gasteiger partial charge in [-0.1, -0.05) is 51.1 Å². The Labute approximate surface area is 118 Å². The molecule has 0 N–H and O–H groups in total. The summed E-state index contributed by atoms with van der Waals surface area (Å²) >= 11 is 0. The van der Waals surface area contributed by atoms with Crippen LogP contribution in [0.4, 0.5) is 0 Å². The highest BCUT2D eigenvalue weighted by Gasteiger charge is 2.16. The first kappa shape index (κ1) is 12.9. The molecule has 1 aromatic heterocycles. The van der Waals surface area contributed by atoms with Crippen molar-refractivity contribution in [3.8, 4) is 0 Å². The van der Waals surface area contributed by atoms with E-state index in [4.69, 9.17) is 0 Å². The molecule has 0 amide bonds. The Morgan fingerprint density at radius 1 is 0.900 bits per heavy atom. The number of hydrogen-bond acceptors (Lipinski definition) is 1. The molecule has 0 radical (unpaired) electrons.